The molecule has 2 aromatic rings. The van der Waals surface area contributed by atoms with E-state index in [0.29, 0.717) is 11.6 Å². The second-order valence-corrected chi connectivity index (χ2v) is 5.56. The maximum atomic E-state index is 12.2. The Morgan fingerprint density at radius 1 is 1.38 bits per heavy atom. The molecule has 2 amide bonds. The molecule has 0 bridgehead atoms. The molecule has 0 unspecified atom stereocenters. The van der Waals surface area contributed by atoms with Gasteiger partial charge in [0.25, 0.3) is 0 Å². The standard InChI is InChI=1S/C14H13N3O3S/c18-13(19)10-8-21-12(16-10)7-15-14(20)17-6-5-9-3-1-2-4-11(9)17/h1-4,8H,5-7H2,(H,15,20)(H,18,19). The summed E-state index contributed by atoms with van der Waals surface area (Å²) in [6.45, 7) is 0.888. The van der Waals surface area contributed by atoms with Gasteiger partial charge in [0.2, 0.25) is 0 Å². The number of nitrogens with zero attached hydrogens (tertiary/aromatic N) is 2. The number of aromatic carboxylic acids is 1. The van der Waals surface area contributed by atoms with Crippen molar-refractivity contribution in [1.29, 1.82) is 0 Å². The molecule has 3 rings (SSSR count). The number of carboxylic acid groups (broad SMARTS) is 1. The Labute approximate surface area is 125 Å². The van der Waals surface area contributed by atoms with Crippen LogP contribution in [-0.4, -0.2) is 28.6 Å². The molecule has 7 heteroatoms. The Hall–Kier alpha value is -2.41. The first-order valence-corrected chi connectivity index (χ1v) is 7.34. The average Bonchev–Trinajstić information content (AvgIpc) is 3.11. The van der Waals surface area contributed by atoms with Crippen LogP contribution in [0.3, 0.4) is 0 Å². The number of amides is 2. The van der Waals surface area contributed by atoms with Crippen molar-refractivity contribution in [2.24, 2.45) is 0 Å². The van der Waals surface area contributed by atoms with Gasteiger partial charge in [-0.3, -0.25) is 4.90 Å². The average molecular weight is 303 g/mol. The number of urea groups is 1. The number of hydrogen-bond donors (Lipinski definition) is 2. The summed E-state index contributed by atoms with van der Waals surface area (Å²) in [6, 6.07) is 7.62. The van der Waals surface area contributed by atoms with E-state index in [-0.39, 0.29) is 18.3 Å². The van der Waals surface area contributed by atoms with Crippen LogP contribution in [0.4, 0.5) is 10.5 Å². The van der Waals surface area contributed by atoms with Gasteiger partial charge in [0.1, 0.15) is 5.01 Å². The van der Waals surface area contributed by atoms with Gasteiger partial charge in [-0.15, -0.1) is 11.3 Å². The van der Waals surface area contributed by atoms with Crippen LogP contribution in [-0.2, 0) is 13.0 Å². The molecule has 6 nitrogen and oxygen atoms in total. The molecule has 2 N–H and O–H groups in total. The smallest absolute Gasteiger partial charge is 0.355 e. The van der Waals surface area contributed by atoms with E-state index < -0.39 is 5.97 Å². The van der Waals surface area contributed by atoms with Crippen LogP contribution in [0.15, 0.2) is 29.6 Å². The molecule has 0 aliphatic carbocycles. The Morgan fingerprint density at radius 3 is 2.95 bits per heavy atom. The maximum absolute atomic E-state index is 12.2. The van der Waals surface area contributed by atoms with E-state index in [1.165, 1.54) is 16.7 Å². The van der Waals surface area contributed by atoms with E-state index in [0.717, 1.165) is 17.7 Å². The number of para-hydroxylation sites is 1. The third-order valence-electron chi connectivity index (χ3n) is 3.29. The van der Waals surface area contributed by atoms with E-state index in [2.05, 4.69) is 10.3 Å². The monoisotopic (exact) mass is 303 g/mol. The number of anilines is 1. The Morgan fingerprint density at radius 2 is 2.19 bits per heavy atom. The predicted octanol–water partition coefficient (Wildman–Crippen LogP) is 2.11. The lowest BCUT2D eigenvalue weighted by Crippen LogP contribution is -2.38. The molecule has 21 heavy (non-hydrogen) atoms. The number of aromatic nitrogens is 1. The molecule has 1 aliphatic rings. The number of hydrogen-bond acceptors (Lipinski definition) is 4. The molecule has 0 spiro atoms. The number of carbonyl (C=O) groups is 2. The molecule has 2 heterocycles. The number of carboxylic acids is 1. The van der Waals surface area contributed by atoms with E-state index in [1.54, 1.807) is 4.90 Å². The molecule has 1 aromatic carbocycles. The van der Waals surface area contributed by atoms with Crippen LogP contribution in [0.2, 0.25) is 0 Å². The van der Waals surface area contributed by atoms with Crippen molar-refractivity contribution in [3.05, 3.63) is 45.9 Å². The summed E-state index contributed by atoms with van der Waals surface area (Å²) in [7, 11) is 0. The van der Waals surface area contributed by atoms with Crippen LogP contribution in [0.5, 0.6) is 0 Å². The van der Waals surface area contributed by atoms with Crippen molar-refractivity contribution >= 4 is 29.0 Å². The third-order valence-corrected chi connectivity index (χ3v) is 4.14. The molecular formula is C14H13N3O3S. The minimum atomic E-state index is -1.06. The molecule has 1 aliphatic heterocycles. The molecule has 108 valence electrons. The lowest BCUT2D eigenvalue weighted by atomic mass is 10.2. The zero-order valence-electron chi connectivity index (χ0n) is 11.1. The molecule has 1 aromatic heterocycles. The van der Waals surface area contributed by atoms with Crippen LogP contribution in [0.25, 0.3) is 0 Å². The van der Waals surface area contributed by atoms with Crippen LogP contribution in [0.1, 0.15) is 21.1 Å². The van der Waals surface area contributed by atoms with Gasteiger partial charge in [-0.25, -0.2) is 14.6 Å². The summed E-state index contributed by atoms with van der Waals surface area (Å²) < 4.78 is 0. The van der Waals surface area contributed by atoms with Gasteiger partial charge in [-0.1, -0.05) is 18.2 Å². The largest absolute Gasteiger partial charge is 0.476 e. The third kappa shape index (κ3) is 2.73. The number of carbonyl (C=O) groups excluding carboxylic acids is 1. The summed E-state index contributed by atoms with van der Waals surface area (Å²) in [6.07, 6.45) is 0.851. The summed E-state index contributed by atoms with van der Waals surface area (Å²) in [5.74, 6) is -1.06. The normalized spacial score (nSPS) is 13.0. The molecule has 0 saturated carbocycles. The minimum Gasteiger partial charge on any atom is -0.476 e. The van der Waals surface area contributed by atoms with Crippen molar-refractivity contribution in [3.63, 3.8) is 0 Å². The van der Waals surface area contributed by atoms with Gasteiger partial charge in [0.05, 0.1) is 6.54 Å². The Kier molecular flexibility index (Phi) is 3.57. The second kappa shape index (κ2) is 5.53. The van der Waals surface area contributed by atoms with Gasteiger partial charge in [-0.2, -0.15) is 0 Å². The van der Waals surface area contributed by atoms with E-state index in [1.807, 2.05) is 24.3 Å². The van der Waals surface area contributed by atoms with Crippen LogP contribution in [0, 0.1) is 0 Å². The minimum absolute atomic E-state index is 0.00997. The van der Waals surface area contributed by atoms with Gasteiger partial charge in [-0.05, 0) is 18.1 Å². The molecule has 0 saturated heterocycles. The molecular weight excluding hydrogens is 290 g/mol. The highest BCUT2D eigenvalue weighted by molar-refractivity contribution is 7.09. The van der Waals surface area contributed by atoms with Crippen molar-refractivity contribution in [2.75, 3.05) is 11.4 Å². The number of nitrogens with one attached hydrogen (secondary N) is 1. The van der Waals surface area contributed by atoms with Crippen molar-refractivity contribution < 1.29 is 14.7 Å². The molecule has 0 radical (unpaired) electrons. The van der Waals surface area contributed by atoms with Crippen molar-refractivity contribution in [3.8, 4) is 0 Å². The van der Waals surface area contributed by atoms with E-state index >= 15 is 0 Å². The quantitative estimate of drug-likeness (QED) is 0.910. The van der Waals surface area contributed by atoms with E-state index in [4.69, 9.17) is 5.11 Å². The lowest BCUT2D eigenvalue weighted by Gasteiger charge is -2.17. The van der Waals surface area contributed by atoms with Crippen molar-refractivity contribution in [1.82, 2.24) is 10.3 Å². The van der Waals surface area contributed by atoms with Gasteiger partial charge >= 0.3 is 12.0 Å². The second-order valence-electron chi connectivity index (χ2n) is 4.62. The van der Waals surface area contributed by atoms with Gasteiger partial charge in [0, 0.05) is 17.6 Å². The van der Waals surface area contributed by atoms with Crippen molar-refractivity contribution in [2.45, 2.75) is 13.0 Å². The highest BCUT2D eigenvalue weighted by atomic mass is 32.1. The predicted molar refractivity (Wildman–Crippen MR) is 78.8 cm³/mol. The number of thiazole rings is 1. The Bertz CT molecular complexity index is 698. The van der Waals surface area contributed by atoms with Crippen LogP contribution < -0.4 is 10.2 Å². The zero-order valence-corrected chi connectivity index (χ0v) is 11.9. The van der Waals surface area contributed by atoms with E-state index in [9.17, 15) is 9.59 Å². The van der Waals surface area contributed by atoms with Gasteiger partial charge < -0.3 is 10.4 Å². The van der Waals surface area contributed by atoms with Gasteiger partial charge in [0.15, 0.2) is 5.69 Å². The first-order valence-electron chi connectivity index (χ1n) is 6.46. The zero-order chi connectivity index (χ0) is 14.8. The highest BCUT2D eigenvalue weighted by Gasteiger charge is 2.24. The fourth-order valence-electron chi connectivity index (χ4n) is 2.29. The highest BCUT2D eigenvalue weighted by Crippen LogP contribution is 2.27. The summed E-state index contributed by atoms with van der Waals surface area (Å²) in [5.41, 5.74) is 2.10. The SMILES string of the molecule is O=C(O)c1csc(CNC(=O)N2CCc3ccccc32)n1. The number of rotatable bonds is 3. The molecule has 0 atom stereocenters. The van der Waals surface area contributed by atoms with Crippen LogP contribution >= 0.6 is 11.3 Å². The summed E-state index contributed by atoms with van der Waals surface area (Å²) >= 11 is 1.22. The fraction of sp³-hybridized carbons (Fsp3) is 0.214. The number of fused-ring (bicyclic) bond motifs is 1. The Balaban J connectivity index is 1.63. The first kappa shape index (κ1) is 13.6. The topological polar surface area (TPSA) is 82.5 Å². The molecule has 0 fully saturated rings. The first-order chi connectivity index (χ1) is 10.1. The lowest BCUT2D eigenvalue weighted by molar-refractivity contribution is 0.0691. The number of benzene rings is 1. The fourth-order valence-corrected chi connectivity index (χ4v) is 2.99. The summed E-state index contributed by atoms with van der Waals surface area (Å²) in [4.78, 5) is 28.6. The maximum Gasteiger partial charge on any atom is 0.355 e. The summed E-state index contributed by atoms with van der Waals surface area (Å²) in [5, 5.41) is 13.6.